The highest BCUT2D eigenvalue weighted by Crippen LogP contribution is 2.40. The van der Waals surface area contributed by atoms with E-state index in [-0.39, 0.29) is 42.4 Å². The van der Waals surface area contributed by atoms with Crippen LogP contribution in [0, 0.1) is 18.7 Å². The average Bonchev–Trinajstić information content (AvgIpc) is 3.69. The Bertz CT molecular complexity index is 1360. The van der Waals surface area contributed by atoms with Gasteiger partial charge in [0.2, 0.25) is 5.91 Å². The van der Waals surface area contributed by atoms with E-state index in [9.17, 15) is 43.9 Å². The number of hydrogen-bond acceptors (Lipinski definition) is 4. The van der Waals surface area contributed by atoms with Crippen molar-refractivity contribution in [2.24, 2.45) is 5.92 Å². The molecule has 2 fully saturated rings. The van der Waals surface area contributed by atoms with Gasteiger partial charge in [-0.2, -0.15) is 26.3 Å². The standard InChI is InChI=1S/C28H31F7N2O3S.ClH/c1-17-11-21(29)3-6-23(17)25-16-36(9-10-41(2,39)40)8-7-24(25)26(38)37(22-4-5-22)15-18-12-19(27(30,31)32)14-20(13-18)28(33,34)35;/h3,6,11-14,22,24-25H,4-5,7-10,15-16H2,1-2H3;1H. The van der Waals surface area contributed by atoms with Crippen LogP contribution in [0.25, 0.3) is 0 Å². The van der Waals surface area contributed by atoms with Gasteiger partial charge in [0.1, 0.15) is 15.7 Å². The zero-order valence-corrected chi connectivity index (χ0v) is 24.6. The van der Waals surface area contributed by atoms with E-state index in [1.54, 1.807) is 13.0 Å². The minimum atomic E-state index is -5.01. The molecule has 2 aromatic rings. The molecule has 2 atom stereocenters. The number of piperidine rings is 1. The quantitative estimate of drug-likeness (QED) is 0.320. The number of alkyl halides is 6. The van der Waals surface area contributed by atoms with Crippen LogP contribution in [0.15, 0.2) is 36.4 Å². The minimum Gasteiger partial charge on any atom is -0.335 e. The van der Waals surface area contributed by atoms with Crippen LogP contribution in [0.1, 0.15) is 53.0 Å². The number of aryl methyl sites for hydroxylation is 1. The second-order valence-electron chi connectivity index (χ2n) is 11.0. The second kappa shape index (κ2) is 12.7. The fourth-order valence-corrected chi connectivity index (χ4v) is 6.07. The van der Waals surface area contributed by atoms with Gasteiger partial charge in [0.15, 0.2) is 0 Å². The Morgan fingerprint density at radius 1 is 0.976 bits per heavy atom. The van der Waals surface area contributed by atoms with Gasteiger partial charge in [-0.05, 0) is 79.8 Å². The van der Waals surface area contributed by atoms with Crippen molar-refractivity contribution in [3.63, 3.8) is 0 Å². The van der Waals surface area contributed by atoms with Gasteiger partial charge in [-0.1, -0.05) is 6.07 Å². The summed E-state index contributed by atoms with van der Waals surface area (Å²) in [5.41, 5.74) is -1.88. The van der Waals surface area contributed by atoms with Gasteiger partial charge >= 0.3 is 12.4 Å². The van der Waals surface area contributed by atoms with Crippen molar-refractivity contribution < 1.29 is 43.9 Å². The van der Waals surface area contributed by atoms with E-state index in [2.05, 4.69) is 0 Å². The van der Waals surface area contributed by atoms with Crippen LogP contribution >= 0.6 is 12.4 Å². The molecule has 2 unspecified atom stereocenters. The maximum absolute atomic E-state index is 14.0. The Balaban J connectivity index is 0.00000484. The van der Waals surface area contributed by atoms with Crippen LogP contribution < -0.4 is 0 Å². The van der Waals surface area contributed by atoms with Crippen molar-refractivity contribution in [1.29, 1.82) is 0 Å². The zero-order chi connectivity index (χ0) is 30.3. The van der Waals surface area contributed by atoms with Crippen LogP contribution in [0.5, 0.6) is 0 Å². The third-order valence-electron chi connectivity index (χ3n) is 7.69. The molecule has 0 radical (unpaired) electrons. The van der Waals surface area contributed by atoms with Gasteiger partial charge in [-0.25, -0.2) is 12.8 Å². The molecule has 4 rings (SSSR count). The molecular formula is C28H32ClF7N2O3S. The number of carbonyl (C=O) groups excluding carboxylic acids is 1. The lowest BCUT2D eigenvalue weighted by molar-refractivity contribution is -0.143. The molecule has 2 aromatic carbocycles. The van der Waals surface area contributed by atoms with Crippen LogP contribution in [0.3, 0.4) is 0 Å². The first-order chi connectivity index (χ1) is 18.9. The summed E-state index contributed by atoms with van der Waals surface area (Å²) in [5.74, 6) is -2.11. The van der Waals surface area contributed by atoms with Crippen LogP contribution in [-0.2, 0) is 33.5 Å². The maximum Gasteiger partial charge on any atom is 0.416 e. The number of nitrogens with zero attached hydrogens (tertiary/aromatic N) is 2. The normalized spacial score (nSPS) is 20.2. The van der Waals surface area contributed by atoms with Crippen molar-refractivity contribution in [2.75, 3.05) is 31.6 Å². The fraction of sp³-hybridized carbons (Fsp3) is 0.536. The molecule has 0 aromatic heterocycles. The van der Waals surface area contributed by atoms with Gasteiger partial charge < -0.3 is 9.80 Å². The third-order valence-corrected chi connectivity index (χ3v) is 8.62. The molecular weight excluding hydrogens is 613 g/mol. The summed E-state index contributed by atoms with van der Waals surface area (Å²) >= 11 is 0. The van der Waals surface area contributed by atoms with E-state index in [0.717, 1.165) is 6.26 Å². The number of hydrogen-bond donors (Lipinski definition) is 0. The lowest BCUT2D eigenvalue weighted by Gasteiger charge is -2.41. The zero-order valence-electron chi connectivity index (χ0n) is 22.9. The van der Waals surface area contributed by atoms with Crippen LogP contribution in [0.2, 0.25) is 0 Å². The predicted molar refractivity (Wildman–Crippen MR) is 145 cm³/mol. The Labute approximate surface area is 246 Å². The highest BCUT2D eigenvalue weighted by atomic mass is 35.5. The van der Waals surface area contributed by atoms with E-state index in [4.69, 9.17) is 0 Å². The molecule has 1 saturated carbocycles. The fourth-order valence-electron chi connectivity index (χ4n) is 5.48. The Morgan fingerprint density at radius 3 is 2.07 bits per heavy atom. The van der Waals surface area contributed by atoms with Crippen LogP contribution in [-0.4, -0.2) is 61.8 Å². The lowest BCUT2D eigenvalue weighted by Crippen LogP contribution is -2.48. The molecule has 14 heteroatoms. The van der Waals surface area contributed by atoms with E-state index in [1.165, 1.54) is 17.0 Å². The van der Waals surface area contributed by atoms with Gasteiger partial charge in [-0.3, -0.25) is 4.79 Å². The smallest absolute Gasteiger partial charge is 0.335 e. The first-order valence-electron chi connectivity index (χ1n) is 13.2. The molecule has 1 amide bonds. The average molecular weight is 645 g/mol. The predicted octanol–water partition coefficient (Wildman–Crippen LogP) is 6.23. The molecule has 2 aliphatic rings. The highest BCUT2D eigenvalue weighted by Gasteiger charge is 2.43. The molecule has 1 aliphatic carbocycles. The molecule has 234 valence electrons. The molecule has 1 aliphatic heterocycles. The van der Waals surface area contributed by atoms with Crippen molar-refractivity contribution in [1.82, 2.24) is 9.80 Å². The SMILES string of the molecule is Cc1cc(F)ccc1C1CN(CCS(C)(=O)=O)CCC1C(=O)N(Cc1cc(C(F)(F)F)cc(C(F)(F)F)c1)C1CC1.Cl. The lowest BCUT2D eigenvalue weighted by atomic mass is 9.78. The summed E-state index contributed by atoms with van der Waals surface area (Å²) in [7, 11) is -3.26. The third kappa shape index (κ3) is 8.59. The first kappa shape index (κ1) is 34.1. The topological polar surface area (TPSA) is 57.7 Å². The van der Waals surface area contributed by atoms with Crippen molar-refractivity contribution in [3.8, 4) is 0 Å². The number of amides is 1. The summed E-state index contributed by atoms with van der Waals surface area (Å²) in [6.07, 6.45) is -7.45. The Morgan fingerprint density at radius 2 is 1.57 bits per heavy atom. The van der Waals surface area contributed by atoms with Gasteiger partial charge in [0, 0.05) is 43.8 Å². The molecule has 0 N–H and O–H groups in total. The number of halogens is 8. The highest BCUT2D eigenvalue weighted by molar-refractivity contribution is 7.90. The molecule has 1 saturated heterocycles. The summed E-state index contributed by atoms with van der Waals surface area (Å²) < 4.78 is 118. The summed E-state index contributed by atoms with van der Waals surface area (Å²) in [6, 6.07) is 5.20. The first-order valence-corrected chi connectivity index (χ1v) is 15.2. The van der Waals surface area contributed by atoms with E-state index in [0.29, 0.717) is 55.6 Å². The van der Waals surface area contributed by atoms with Crippen molar-refractivity contribution in [2.45, 2.75) is 57.0 Å². The number of rotatable bonds is 8. The van der Waals surface area contributed by atoms with Gasteiger partial charge in [-0.15, -0.1) is 12.4 Å². The Hall–Kier alpha value is -2.38. The summed E-state index contributed by atoms with van der Waals surface area (Å²) in [4.78, 5) is 17.3. The van der Waals surface area contributed by atoms with Gasteiger partial charge in [0.25, 0.3) is 0 Å². The molecule has 0 spiro atoms. The van der Waals surface area contributed by atoms with E-state index in [1.807, 2.05) is 4.90 Å². The molecule has 1 heterocycles. The minimum absolute atomic E-state index is 0. The number of likely N-dealkylation sites (tertiary alicyclic amines) is 1. The molecule has 42 heavy (non-hydrogen) atoms. The molecule has 5 nitrogen and oxygen atoms in total. The summed E-state index contributed by atoms with van der Waals surface area (Å²) in [6.45, 7) is 2.17. The number of sulfone groups is 1. The second-order valence-corrected chi connectivity index (χ2v) is 13.3. The monoisotopic (exact) mass is 644 g/mol. The van der Waals surface area contributed by atoms with Crippen LogP contribution in [0.4, 0.5) is 30.7 Å². The Kier molecular flexibility index (Phi) is 10.3. The molecule has 0 bridgehead atoms. The summed E-state index contributed by atoms with van der Waals surface area (Å²) in [5, 5.41) is 0. The van der Waals surface area contributed by atoms with Gasteiger partial charge in [0.05, 0.1) is 16.9 Å². The maximum atomic E-state index is 14.0. The van der Waals surface area contributed by atoms with E-state index < -0.39 is 63.4 Å². The number of carbonyl (C=O) groups is 1. The number of benzene rings is 2. The van der Waals surface area contributed by atoms with E-state index >= 15 is 0 Å². The largest absolute Gasteiger partial charge is 0.416 e. The van der Waals surface area contributed by atoms with Crippen molar-refractivity contribution in [3.05, 3.63) is 70.0 Å². The van der Waals surface area contributed by atoms with Crippen molar-refractivity contribution >= 4 is 28.2 Å².